The maximum absolute atomic E-state index is 12.0. The molecular formula is C20H19N5O3. The standard InChI is InChI=1S/C20H19N5O3/c1-14-12-18(21-10-11-22-20(26)15-6-3-2-4-7-15)24-19(23-14)16-8-5-9-17(13-16)25(27)28/h2-9,12-13H,10-11H2,1H3,(H,22,26)(H,21,23,24). The number of carbonyl (C=O) groups is 1. The van der Waals surface area contributed by atoms with Gasteiger partial charge < -0.3 is 10.6 Å². The summed E-state index contributed by atoms with van der Waals surface area (Å²) in [5, 5.41) is 16.9. The lowest BCUT2D eigenvalue weighted by molar-refractivity contribution is -0.384. The Morgan fingerprint density at radius 1 is 1.04 bits per heavy atom. The largest absolute Gasteiger partial charge is 0.368 e. The van der Waals surface area contributed by atoms with Gasteiger partial charge in [0.15, 0.2) is 5.82 Å². The zero-order chi connectivity index (χ0) is 19.9. The SMILES string of the molecule is Cc1cc(NCCNC(=O)c2ccccc2)nc(-c2cccc([N+](=O)[O-])c2)n1. The van der Waals surface area contributed by atoms with Crippen molar-refractivity contribution in [1.29, 1.82) is 0 Å². The van der Waals surface area contributed by atoms with Crippen LogP contribution >= 0.6 is 0 Å². The van der Waals surface area contributed by atoms with E-state index in [1.165, 1.54) is 12.1 Å². The van der Waals surface area contributed by atoms with Crippen LogP contribution in [-0.4, -0.2) is 33.9 Å². The number of anilines is 1. The van der Waals surface area contributed by atoms with Gasteiger partial charge in [0.1, 0.15) is 5.82 Å². The second kappa shape index (κ2) is 8.72. The van der Waals surface area contributed by atoms with E-state index in [1.807, 2.05) is 25.1 Å². The highest BCUT2D eigenvalue weighted by molar-refractivity contribution is 5.94. The molecular weight excluding hydrogens is 358 g/mol. The van der Waals surface area contributed by atoms with E-state index in [-0.39, 0.29) is 11.6 Å². The number of hydrogen-bond donors (Lipinski definition) is 2. The summed E-state index contributed by atoms with van der Waals surface area (Å²) in [7, 11) is 0. The monoisotopic (exact) mass is 377 g/mol. The number of aromatic nitrogens is 2. The van der Waals surface area contributed by atoms with Crippen LogP contribution in [-0.2, 0) is 0 Å². The molecule has 0 fully saturated rings. The molecule has 142 valence electrons. The highest BCUT2D eigenvalue weighted by Crippen LogP contribution is 2.22. The lowest BCUT2D eigenvalue weighted by Gasteiger charge is -2.10. The lowest BCUT2D eigenvalue weighted by Crippen LogP contribution is -2.28. The maximum atomic E-state index is 12.0. The van der Waals surface area contributed by atoms with Crippen molar-refractivity contribution in [2.45, 2.75) is 6.92 Å². The number of nitrogens with zero attached hydrogens (tertiary/aromatic N) is 3. The number of carbonyl (C=O) groups excluding carboxylic acids is 1. The van der Waals surface area contributed by atoms with Gasteiger partial charge in [-0.05, 0) is 19.1 Å². The van der Waals surface area contributed by atoms with Crippen LogP contribution in [0.5, 0.6) is 0 Å². The van der Waals surface area contributed by atoms with E-state index in [0.717, 1.165) is 5.69 Å². The van der Waals surface area contributed by atoms with Crippen molar-refractivity contribution in [2.75, 3.05) is 18.4 Å². The van der Waals surface area contributed by atoms with Gasteiger partial charge in [0.2, 0.25) is 0 Å². The fourth-order valence-electron chi connectivity index (χ4n) is 2.60. The molecule has 3 aromatic rings. The quantitative estimate of drug-likeness (QED) is 0.372. The number of nitro groups is 1. The molecule has 0 atom stereocenters. The van der Waals surface area contributed by atoms with Crippen molar-refractivity contribution in [1.82, 2.24) is 15.3 Å². The molecule has 0 saturated carbocycles. The second-order valence-electron chi connectivity index (χ2n) is 6.07. The van der Waals surface area contributed by atoms with Gasteiger partial charge in [-0.25, -0.2) is 9.97 Å². The molecule has 3 rings (SSSR count). The minimum Gasteiger partial charge on any atom is -0.368 e. The number of aryl methyl sites for hydroxylation is 1. The molecule has 28 heavy (non-hydrogen) atoms. The average molecular weight is 377 g/mol. The molecule has 8 nitrogen and oxygen atoms in total. The Morgan fingerprint density at radius 3 is 2.57 bits per heavy atom. The van der Waals surface area contributed by atoms with E-state index < -0.39 is 4.92 Å². The van der Waals surface area contributed by atoms with Gasteiger partial charge in [-0.3, -0.25) is 14.9 Å². The molecule has 0 bridgehead atoms. The number of nitro benzene ring substituents is 1. The number of nitrogens with one attached hydrogen (secondary N) is 2. The topological polar surface area (TPSA) is 110 Å². The molecule has 0 radical (unpaired) electrons. The number of rotatable bonds is 7. The Labute approximate surface area is 161 Å². The molecule has 1 heterocycles. The predicted octanol–water partition coefficient (Wildman–Crippen LogP) is 3.20. The first-order valence-corrected chi connectivity index (χ1v) is 8.70. The predicted molar refractivity (Wildman–Crippen MR) is 106 cm³/mol. The Morgan fingerprint density at radius 2 is 1.82 bits per heavy atom. The molecule has 8 heteroatoms. The molecule has 1 amide bonds. The smallest absolute Gasteiger partial charge is 0.270 e. The second-order valence-corrected chi connectivity index (χ2v) is 6.07. The van der Waals surface area contributed by atoms with Crippen molar-refractivity contribution >= 4 is 17.4 Å². The Kier molecular flexibility index (Phi) is 5.91. The minimum absolute atomic E-state index is 0.0132. The van der Waals surface area contributed by atoms with E-state index in [4.69, 9.17) is 0 Å². The number of benzene rings is 2. The van der Waals surface area contributed by atoms with Crippen molar-refractivity contribution in [3.63, 3.8) is 0 Å². The van der Waals surface area contributed by atoms with Gasteiger partial charge in [-0.15, -0.1) is 0 Å². The first kappa shape index (κ1) is 19.0. The summed E-state index contributed by atoms with van der Waals surface area (Å²) in [6.45, 7) is 2.72. The summed E-state index contributed by atoms with van der Waals surface area (Å²) in [4.78, 5) is 31.3. The average Bonchev–Trinajstić information content (AvgIpc) is 2.71. The summed E-state index contributed by atoms with van der Waals surface area (Å²) in [6.07, 6.45) is 0. The summed E-state index contributed by atoms with van der Waals surface area (Å²) in [6, 6.07) is 17.0. The van der Waals surface area contributed by atoms with E-state index >= 15 is 0 Å². The van der Waals surface area contributed by atoms with Crippen molar-refractivity contribution < 1.29 is 9.72 Å². The third kappa shape index (κ3) is 4.88. The Balaban J connectivity index is 1.63. The zero-order valence-electron chi connectivity index (χ0n) is 15.3. The van der Waals surface area contributed by atoms with Crippen LogP contribution in [0.4, 0.5) is 11.5 Å². The molecule has 2 aromatic carbocycles. The van der Waals surface area contributed by atoms with Gasteiger partial charge in [0, 0.05) is 48.1 Å². The lowest BCUT2D eigenvalue weighted by atomic mass is 10.2. The van der Waals surface area contributed by atoms with E-state index in [9.17, 15) is 14.9 Å². The molecule has 2 N–H and O–H groups in total. The fourth-order valence-corrected chi connectivity index (χ4v) is 2.60. The number of amides is 1. The summed E-state index contributed by atoms with van der Waals surface area (Å²) < 4.78 is 0. The number of hydrogen-bond acceptors (Lipinski definition) is 6. The van der Waals surface area contributed by atoms with Gasteiger partial charge in [0.05, 0.1) is 4.92 Å². The van der Waals surface area contributed by atoms with Gasteiger partial charge in [0.25, 0.3) is 11.6 Å². The highest BCUT2D eigenvalue weighted by atomic mass is 16.6. The van der Waals surface area contributed by atoms with Gasteiger partial charge in [-0.2, -0.15) is 0 Å². The van der Waals surface area contributed by atoms with Crippen LogP contribution in [0.2, 0.25) is 0 Å². The van der Waals surface area contributed by atoms with Crippen LogP contribution in [0.15, 0.2) is 60.7 Å². The fraction of sp³-hybridized carbons (Fsp3) is 0.150. The molecule has 1 aromatic heterocycles. The Hall–Kier alpha value is -3.81. The molecule has 0 spiro atoms. The maximum Gasteiger partial charge on any atom is 0.270 e. The highest BCUT2D eigenvalue weighted by Gasteiger charge is 2.10. The van der Waals surface area contributed by atoms with Crippen molar-refractivity contribution in [3.05, 3.63) is 82.0 Å². The third-order valence-electron chi connectivity index (χ3n) is 3.92. The third-order valence-corrected chi connectivity index (χ3v) is 3.92. The van der Waals surface area contributed by atoms with Crippen LogP contribution in [0, 0.1) is 17.0 Å². The van der Waals surface area contributed by atoms with Crippen molar-refractivity contribution in [3.8, 4) is 11.4 Å². The minimum atomic E-state index is -0.451. The first-order chi connectivity index (χ1) is 13.5. The Bertz CT molecular complexity index is 992. The molecule has 0 aliphatic heterocycles. The van der Waals surface area contributed by atoms with Crippen LogP contribution in [0.25, 0.3) is 11.4 Å². The van der Waals surface area contributed by atoms with E-state index in [2.05, 4.69) is 20.6 Å². The van der Waals surface area contributed by atoms with E-state index in [0.29, 0.717) is 35.9 Å². The normalized spacial score (nSPS) is 10.3. The van der Waals surface area contributed by atoms with Crippen molar-refractivity contribution in [2.24, 2.45) is 0 Å². The van der Waals surface area contributed by atoms with Gasteiger partial charge in [-0.1, -0.05) is 30.3 Å². The van der Waals surface area contributed by atoms with Crippen LogP contribution in [0.1, 0.15) is 16.1 Å². The molecule has 0 saturated heterocycles. The molecule has 0 aliphatic rings. The summed E-state index contributed by atoms with van der Waals surface area (Å²) in [5.74, 6) is 0.848. The first-order valence-electron chi connectivity index (χ1n) is 8.70. The summed E-state index contributed by atoms with van der Waals surface area (Å²) >= 11 is 0. The molecule has 0 unspecified atom stereocenters. The van der Waals surface area contributed by atoms with Crippen LogP contribution in [0.3, 0.4) is 0 Å². The van der Waals surface area contributed by atoms with Crippen LogP contribution < -0.4 is 10.6 Å². The summed E-state index contributed by atoms with van der Waals surface area (Å²) in [5.41, 5.74) is 1.89. The number of non-ortho nitro benzene ring substituents is 1. The van der Waals surface area contributed by atoms with Gasteiger partial charge >= 0.3 is 0 Å². The van der Waals surface area contributed by atoms with E-state index in [1.54, 1.807) is 30.3 Å². The molecule has 0 aliphatic carbocycles. The zero-order valence-corrected chi connectivity index (χ0v) is 15.3.